The van der Waals surface area contributed by atoms with Crippen LogP contribution in [0, 0.1) is 0 Å². The second-order valence-electron chi connectivity index (χ2n) is 4.62. The minimum Gasteiger partial charge on any atom is -0.329 e. The Bertz CT molecular complexity index is 917. The van der Waals surface area contributed by atoms with Gasteiger partial charge in [0.25, 0.3) is 5.56 Å². The molecule has 0 aliphatic carbocycles. The van der Waals surface area contributed by atoms with Crippen LogP contribution in [0.4, 0.5) is 13.2 Å². The summed E-state index contributed by atoms with van der Waals surface area (Å²) in [6, 6.07) is 7.65. The molecule has 0 saturated carbocycles. The third-order valence-electron chi connectivity index (χ3n) is 3.10. The van der Waals surface area contributed by atoms with Crippen molar-refractivity contribution in [3.63, 3.8) is 0 Å². The maximum absolute atomic E-state index is 12.7. The predicted octanol–water partition coefficient (Wildman–Crippen LogP) is 3.29. The van der Waals surface area contributed by atoms with Crippen LogP contribution in [0.15, 0.2) is 47.5 Å². The Morgan fingerprint density at radius 1 is 1.17 bits per heavy atom. The highest BCUT2D eigenvalue weighted by atomic mass is 35.5. The Balaban J connectivity index is 2.20. The second-order valence-corrected chi connectivity index (χ2v) is 5.06. The number of rotatable bonds is 2. The number of alkyl halides is 3. The molecular weight excluding hydrogens is 333 g/mol. The van der Waals surface area contributed by atoms with Crippen LogP contribution in [0.3, 0.4) is 0 Å². The van der Waals surface area contributed by atoms with Crippen molar-refractivity contribution >= 4 is 11.6 Å². The van der Waals surface area contributed by atoms with E-state index in [1.807, 2.05) is 0 Å². The van der Waals surface area contributed by atoms with Gasteiger partial charge in [-0.15, -0.1) is 5.10 Å². The number of halogens is 4. The molecule has 3 aromatic rings. The summed E-state index contributed by atoms with van der Waals surface area (Å²) in [4.78, 5) is 14.4. The first-order valence-electron chi connectivity index (χ1n) is 6.34. The van der Waals surface area contributed by atoms with Gasteiger partial charge in [-0.1, -0.05) is 22.9 Å². The molecule has 0 fully saturated rings. The van der Waals surface area contributed by atoms with Gasteiger partial charge >= 0.3 is 6.18 Å². The van der Waals surface area contributed by atoms with E-state index in [1.54, 1.807) is 12.1 Å². The van der Waals surface area contributed by atoms with Crippen molar-refractivity contribution in [1.29, 1.82) is 0 Å². The molecule has 0 aliphatic heterocycles. The average molecular weight is 341 g/mol. The zero-order valence-electron chi connectivity index (χ0n) is 11.3. The average Bonchev–Trinajstić information content (AvgIpc) is 2.98. The summed E-state index contributed by atoms with van der Waals surface area (Å²) in [6.07, 6.45) is -2.41. The van der Waals surface area contributed by atoms with Crippen LogP contribution in [0.2, 0.25) is 5.02 Å². The number of nitrogens with zero attached hydrogens (tertiary/aromatic N) is 3. The highest BCUT2D eigenvalue weighted by Crippen LogP contribution is 2.30. The predicted molar refractivity (Wildman–Crippen MR) is 77.4 cm³/mol. The number of aromatic nitrogens is 4. The molecule has 0 radical (unpaired) electrons. The van der Waals surface area contributed by atoms with Crippen LogP contribution in [0.5, 0.6) is 0 Å². The Labute approximate surface area is 132 Å². The molecule has 2 aromatic heterocycles. The van der Waals surface area contributed by atoms with E-state index >= 15 is 0 Å². The fraction of sp³-hybridized carbons (Fsp3) is 0.0714. The molecule has 2 heterocycles. The largest absolute Gasteiger partial charge is 0.436 e. The van der Waals surface area contributed by atoms with Gasteiger partial charge in [0, 0.05) is 22.3 Å². The van der Waals surface area contributed by atoms with Crippen molar-refractivity contribution in [3.8, 4) is 16.8 Å². The minimum absolute atomic E-state index is 0.220. The lowest BCUT2D eigenvalue weighted by Crippen LogP contribution is -2.09. The number of nitrogens with one attached hydrogen (secondary N) is 1. The SMILES string of the molecule is O=c1[nH]cccc1-c1ccc(Cl)cc1-n1cc(C(F)(F)F)nn1. The quantitative estimate of drug-likeness (QED) is 0.778. The second kappa shape index (κ2) is 5.54. The van der Waals surface area contributed by atoms with Gasteiger partial charge < -0.3 is 4.98 Å². The summed E-state index contributed by atoms with van der Waals surface area (Å²) >= 11 is 5.92. The summed E-state index contributed by atoms with van der Waals surface area (Å²) in [7, 11) is 0. The summed E-state index contributed by atoms with van der Waals surface area (Å²) < 4.78 is 39.0. The maximum atomic E-state index is 12.7. The summed E-state index contributed by atoms with van der Waals surface area (Å²) in [5.41, 5.74) is -0.632. The fourth-order valence-electron chi connectivity index (χ4n) is 2.07. The van der Waals surface area contributed by atoms with Crippen molar-refractivity contribution in [1.82, 2.24) is 20.0 Å². The number of hydrogen-bond acceptors (Lipinski definition) is 3. The van der Waals surface area contributed by atoms with Crippen LogP contribution in [-0.4, -0.2) is 20.0 Å². The first-order valence-corrected chi connectivity index (χ1v) is 6.71. The summed E-state index contributed by atoms with van der Waals surface area (Å²) in [5, 5.41) is 6.89. The first kappa shape index (κ1) is 15.3. The summed E-state index contributed by atoms with van der Waals surface area (Å²) in [5.74, 6) is 0. The molecule has 0 spiro atoms. The van der Waals surface area contributed by atoms with Crippen LogP contribution in [0.25, 0.3) is 16.8 Å². The minimum atomic E-state index is -4.61. The Morgan fingerprint density at radius 3 is 2.61 bits per heavy atom. The van der Waals surface area contributed by atoms with Crippen LogP contribution in [0.1, 0.15) is 5.69 Å². The van der Waals surface area contributed by atoms with Gasteiger partial charge in [-0.05, 0) is 24.3 Å². The highest BCUT2D eigenvalue weighted by Gasteiger charge is 2.34. The molecule has 0 saturated heterocycles. The Hall–Kier alpha value is -2.61. The topological polar surface area (TPSA) is 63.6 Å². The monoisotopic (exact) mass is 340 g/mol. The van der Waals surface area contributed by atoms with E-state index < -0.39 is 11.9 Å². The Kier molecular flexibility index (Phi) is 3.69. The van der Waals surface area contributed by atoms with Crippen molar-refractivity contribution in [3.05, 3.63) is 63.8 Å². The van der Waals surface area contributed by atoms with Gasteiger partial charge in [-0.3, -0.25) is 4.79 Å². The van der Waals surface area contributed by atoms with Crippen molar-refractivity contribution in [2.45, 2.75) is 6.18 Å². The van der Waals surface area contributed by atoms with E-state index in [-0.39, 0.29) is 16.8 Å². The van der Waals surface area contributed by atoms with Gasteiger partial charge in [0.2, 0.25) is 0 Å². The highest BCUT2D eigenvalue weighted by molar-refractivity contribution is 6.30. The van der Waals surface area contributed by atoms with Gasteiger partial charge in [0.05, 0.1) is 11.9 Å². The lowest BCUT2D eigenvalue weighted by atomic mass is 10.1. The van der Waals surface area contributed by atoms with E-state index in [1.165, 1.54) is 24.4 Å². The zero-order chi connectivity index (χ0) is 16.6. The molecule has 0 amide bonds. The molecule has 0 bridgehead atoms. The number of H-pyrrole nitrogens is 1. The molecule has 9 heteroatoms. The normalized spacial score (nSPS) is 11.7. The maximum Gasteiger partial charge on any atom is 0.436 e. The molecule has 1 N–H and O–H groups in total. The van der Waals surface area contributed by atoms with Gasteiger partial charge in [0.1, 0.15) is 0 Å². The van der Waals surface area contributed by atoms with E-state index in [2.05, 4.69) is 15.3 Å². The van der Waals surface area contributed by atoms with Gasteiger partial charge in [-0.2, -0.15) is 13.2 Å². The molecule has 3 rings (SSSR count). The molecule has 1 aromatic carbocycles. The third-order valence-corrected chi connectivity index (χ3v) is 3.33. The van der Waals surface area contributed by atoms with Crippen molar-refractivity contribution in [2.75, 3.05) is 0 Å². The number of benzene rings is 1. The Morgan fingerprint density at radius 2 is 1.96 bits per heavy atom. The van der Waals surface area contributed by atoms with Crippen LogP contribution >= 0.6 is 11.6 Å². The van der Waals surface area contributed by atoms with Crippen molar-refractivity contribution < 1.29 is 13.2 Å². The molecule has 23 heavy (non-hydrogen) atoms. The molecule has 0 unspecified atom stereocenters. The standard InChI is InChI=1S/C14H8ClF3N4O/c15-8-3-4-9(10-2-1-5-19-13(10)23)11(6-8)22-7-12(20-21-22)14(16,17)18/h1-7H,(H,19,23). The number of aromatic amines is 1. The molecule has 0 atom stereocenters. The number of hydrogen-bond donors (Lipinski definition) is 1. The lowest BCUT2D eigenvalue weighted by Gasteiger charge is -2.09. The van der Waals surface area contributed by atoms with Crippen LogP contribution < -0.4 is 5.56 Å². The smallest absolute Gasteiger partial charge is 0.329 e. The number of pyridine rings is 1. The van der Waals surface area contributed by atoms with Crippen LogP contribution in [-0.2, 0) is 6.18 Å². The van der Waals surface area contributed by atoms with E-state index in [4.69, 9.17) is 11.6 Å². The van der Waals surface area contributed by atoms with E-state index in [0.717, 1.165) is 10.9 Å². The zero-order valence-corrected chi connectivity index (χ0v) is 12.1. The fourth-order valence-corrected chi connectivity index (χ4v) is 2.23. The molecule has 0 aliphatic rings. The van der Waals surface area contributed by atoms with E-state index in [0.29, 0.717) is 10.6 Å². The first-order chi connectivity index (χ1) is 10.9. The van der Waals surface area contributed by atoms with Gasteiger partial charge in [-0.25, -0.2) is 4.68 Å². The molecule has 118 valence electrons. The van der Waals surface area contributed by atoms with Crippen molar-refractivity contribution in [2.24, 2.45) is 0 Å². The molecular formula is C14H8ClF3N4O. The van der Waals surface area contributed by atoms with E-state index in [9.17, 15) is 18.0 Å². The summed E-state index contributed by atoms with van der Waals surface area (Å²) in [6.45, 7) is 0. The third kappa shape index (κ3) is 2.98. The lowest BCUT2D eigenvalue weighted by molar-refractivity contribution is -0.141. The van der Waals surface area contributed by atoms with Gasteiger partial charge in [0.15, 0.2) is 5.69 Å². The molecule has 5 nitrogen and oxygen atoms in total.